The first-order chi connectivity index (χ1) is 13.4. The number of unbranched alkanes of at least 4 members (excludes halogenated alkanes) is 2. The highest BCUT2D eigenvalue weighted by atomic mass is 32.2. The van der Waals surface area contributed by atoms with E-state index >= 15 is 0 Å². The Balaban J connectivity index is 2.01. The number of amides is 1. The fourth-order valence-electron chi connectivity index (χ4n) is 2.62. The minimum absolute atomic E-state index is 0.106. The summed E-state index contributed by atoms with van der Waals surface area (Å²) in [5.74, 6) is -2.31. The molecule has 0 spiro atoms. The summed E-state index contributed by atoms with van der Waals surface area (Å²) in [4.78, 5) is 23.2. The van der Waals surface area contributed by atoms with Crippen LogP contribution in [0.5, 0.6) is 0 Å². The molecule has 1 heterocycles. The van der Waals surface area contributed by atoms with Gasteiger partial charge in [0.2, 0.25) is 10.0 Å². The molecular formula is C18H25FN2O6S. The number of carbonyl (C=O) groups is 2. The average molecular weight is 416 g/mol. The van der Waals surface area contributed by atoms with Crippen LogP contribution in [0.2, 0.25) is 0 Å². The van der Waals surface area contributed by atoms with Gasteiger partial charge < -0.3 is 14.8 Å². The molecule has 28 heavy (non-hydrogen) atoms. The monoisotopic (exact) mass is 416 g/mol. The van der Waals surface area contributed by atoms with Crippen molar-refractivity contribution < 1.29 is 31.9 Å². The highest BCUT2D eigenvalue weighted by Crippen LogP contribution is 2.22. The van der Waals surface area contributed by atoms with Crippen LogP contribution in [0.25, 0.3) is 0 Å². The van der Waals surface area contributed by atoms with Crippen molar-refractivity contribution >= 4 is 21.9 Å². The standard InChI is InChI=1S/C18H25FN2O6S/c1-2-3-4-7-20-17(22)13-27-18(23)14-5-6-15(19)16(12-14)28(24,25)21-8-10-26-11-9-21/h5-6,12H,2-4,7-11,13H2,1H3,(H,20,22). The summed E-state index contributed by atoms with van der Waals surface area (Å²) < 4.78 is 50.5. The molecule has 0 aromatic heterocycles. The Kier molecular flexibility index (Phi) is 8.34. The highest BCUT2D eigenvalue weighted by molar-refractivity contribution is 7.89. The second kappa shape index (κ2) is 10.5. The van der Waals surface area contributed by atoms with Gasteiger partial charge in [0.1, 0.15) is 10.7 Å². The number of esters is 1. The van der Waals surface area contributed by atoms with Crippen LogP contribution in [0.1, 0.15) is 36.5 Å². The molecule has 1 aromatic carbocycles. The van der Waals surface area contributed by atoms with Gasteiger partial charge in [0.15, 0.2) is 6.61 Å². The third kappa shape index (κ3) is 5.98. The number of hydrogen-bond donors (Lipinski definition) is 1. The lowest BCUT2D eigenvalue weighted by molar-refractivity contribution is -0.124. The van der Waals surface area contributed by atoms with Crippen molar-refractivity contribution in [3.63, 3.8) is 0 Å². The average Bonchev–Trinajstić information content (AvgIpc) is 2.70. The maximum Gasteiger partial charge on any atom is 0.338 e. The second-order valence-electron chi connectivity index (χ2n) is 6.29. The number of nitrogens with one attached hydrogen (secondary N) is 1. The van der Waals surface area contributed by atoms with Gasteiger partial charge in [-0.2, -0.15) is 4.31 Å². The van der Waals surface area contributed by atoms with Crippen LogP contribution in [0.15, 0.2) is 23.1 Å². The van der Waals surface area contributed by atoms with E-state index in [1.807, 2.05) is 6.92 Å². The van der Waals surface area contributed by atoms with Crippen molar-refractivity contribution in [1.82, 2.24) is 9.62 Å². The van der Waals surface area contributed by atoms with E-state index in [4.69, 9.17) is 9.47 Å². The van der Waals surface area contributed by atoms with Gasteiger partial charge in [-0.1, -0.05) is 19.8 Å². The van der Waals surface area contributed by atoms with Crippen LogP contribution >= 0.6 is 0 Å². The molecular weight excluding hydrogens is 391 g/mol. The quantitative estimate of drug-likeness (QED) is 0.481. The van der Waals surface area contributed by atoms with E-state index in [0.717, 1.165) is 41.8 Å². The molecule has 2 rings (SSSR count). The van der Waals surface area contributed by atoms with Crippen molar-refractivity contribution in [3.05, 3.63) is 29.6 Å². The van der Waals surface area contributed by atoms with Crippen molar-refractivity contribution in [1.29, 1.82) is 0 Å². The van der Waals surface area contributed by atoms with Crippen molar-refractivity contribution in [2.24, 2.45) is 0 Å². The molecule has 8 nitrogen and oxygen atoms in total. The Bertz CT molecular complexity index is 793. The fourth-order valence-corrected chi connectivity index (χ4v) is 4.12. The zero-order valence-electron chi connectivity index (χ0n) is 15.8. The van der Waals surface area contributed by atoms with Gasteiger partial charge >= 0.3 is 5.97 Å². The smallest absolute Gasteiger partial charge is 0.338 e. The van der Waals surface area contributed by atoms with E-state index in [1.54, 1.807) is 0 Å². The molecule has 0 aliphatic carbocycles. The molecule has 1 aliphatic rings. The number of carbonyl (C=O) groups excluding carboxylic acids is 2. The third-order valence-corrected chi connectivity index (χ3v) is 6.11. The lowest BCUT2D eigenvalue weighted by Crippen LogP contribution is -2.41. The number of rotatable bonds is 9. The fraction of sp³-hybridized carbons (Fsp3) is 0.556. The molecule has 1 saturated heterocycles. The van der Waals surface area contributed by atoms with Gasteiger partial charge in [-0.25, -0.2) is 17.6 Å². The molecule has 0 radical (unpaired) electrons. The van der Waals surface area contributed by atoms with Gasteiger partial charge in [0.25, 0.3) is 5.91 Å². The van der Waals surface area contributed by atoms with E-state index in [1.165, 1.54) is 0 Å². The van der Waals surface area contributed by atoms with Crippen LogP contribution in [0, 0.1) is 5.82 Å². The first-order valence-electron chi connectivity index (χ1n) is 9.17. The molecule has 10 heteroatoms. The molecule has 1 fully saturated rings. The molecule has 1 N–H and O–H groups in total. The minimum atomic E-state index is -4.11. The van der Waals surface area contributed by atoms with E-state index < -0.39 is 39.2 Å². The largest absolute Gasteiger partial charge is 0.452 e. The predicted octanol–water partition coefficient (Wildman–Crippen LogP) is 1.31. The number of halogens is 1. The molecule has 0 atom stereocenters. The zero-order valence-corrected chi connectivity index (χ0v) is 16.6. The van der Waals surface area contributed by atoms with Crippen molar-refractivity contribution in [2.75, 3.05) is 39.5 Å². The topological polar surface area (TPSA) is 102 Å². The summed E-state index contributed by atoms with van der Waals surface area (Å²) in [6, 6.07) is 2.95. The predicted molar refractivity (Wildman–Crippen MR) is 98.8 cm³/mol. The maximum absolute atomic E-state index is 14.1. The molecule has 1 aromatic rings. The summed E-state index contributed by atoms with van der Waals surface area (Å²) in [6.45, 7) is 2.69. The molecule has 1 aliphatic heterocycles. The Hall–Kier alpha value is -2.04. The number of nitrogens with zero attached hydrogens (tertiary/aromatic N) is 1. The third-order valence-electron chi connectivity index (χ3n) is 4.19. The van der Waals surface area contributed by atoms with Crippen molar-refractivity contribution in [2.45, 2.75) is 31.1 Å². The summed E-state index contributed by atoms with van der Waals surface area (Å²) >= 11 is 0. The van der Waals surface area contributed by atoms with E-state index in [9.17, 15) is 22.4 Å². The van der Waals surface area contributed by atoms with E-state index in [2.05, 4.69) is 5.32 Å². The zero-order chi connectivity index (χ0) is 20.6. The van der Waals surface area contributed by atoms with Gasteiger partial charge in [0.05, 0.1) is 18.8 Å². The first-order valence-corrected chi connectivity index (χ1v) is 10.6. The van der Waals surface area contributed by atoms with Gasteiger partial charge in [-0.15, -0.1) is 0 Å². The first kappa shape index (κ1) is 22.3. The van der Waals surface area contributed by atoms with Crippen LogP contribution in [0.3, 0.4) is 0 Å². The van der Waals surface area contributed by atoms with E-state index in [0.29, 0.717) is 6.54 Å². The van der Waals surface area contributed by atoms with Gasteiger partial charge in [-0.05, 0) is 24.6 Å². The second-order valence-corrected chi connectivity index (χ2v) is 8.20. The lowest BCUT2D eigenvalue weighted by Gasteiger charge is -2.26. The number of ether oxygens (including phenoxy) is 2. The Labute approximate surface area is 164 Å². The van der Waals surface area contributed by atoms with Crippen LogP contribution in [-0.2, 0) is 24.3 Å². The number of benzene rings is 1. The molecule has 1 amide bonds. The normalized spacial score (nSPS) is 15.2. The van der Waals surface area contributed by atoms with Crippen LogP contribution < -0.4 is 5.32 Å². The highest BCUT2D eigenvalue weighted by Gasteiger charge is 2.30. The van der Waals surface area contributed by atoms with E-state index in [-0.39, 0.29) is 31.9 Å². The summed E-state index contributed by atoms with van der Waals surface area (Å²) in [5.41, 5.74) is -0.146. The Morgan fingerprint density at radius 3 is 2.64 bits per heavy atom. The number of sulfonamides is 1. The Morgan fingerprint density at radius 1 is 1.25 bits per heavy atom. The van der Waals surface area contributed by atoms with Crippen LogP contribution in [0.4, 0.5) is 4.39 Å². The van der Waals surface area contributed by atoms with Crippen LogP contribution in [-0.4, -0.2) is 64.1 Å². The number of morpholine rings is 1. The lowest BCUT2D eigenvalue weighted by atomic mass is 10.2. The van der Waals surface area contributed by atoms with Gasteiger partial charge in [-0.3, -0.25) is 4.79 Å². The minimum Gasteiger partial charge on any atom is -0.452 e. The molecule has 156 valence electrons. The Morgan fingerprint density at radius 2 is 1.96 bits per heavy atom. The van der Waals surface area contributed by atoms with Gasteiger partial charge in [0, 0.05) is 19.6 Å². The molecule has 0 unspecified atom stereocenters. The summed E-state index contributed by atoms with van der Waals surface area (Å²) in [6.07, 6.45) is 2.83. The molecule has 0 saturated carbocycles. The molecule has 0 bridgehead atoms. The maximum atomic E-state index is 14.1. The summed E-state index contributed by atoms with van der Waals surface area (Å²) in [5, 5.41) is 2.62. The summed E-state index contributed by atoms with van der Waals surface area (Å²) in [7, 11) is -4.11. The van der Waals surface area contributed by atoms with Crippen molar-refractivity contribution in [3.8, 4) is 0 Å². The number of hydrogen-bond acceptors (Lipinski definition) is 6. The SMILES string of the molecule is CCCCCNC(=O)COC(=O)c1ccc(F)c(S(=O)(=O)N2CCOCC2)c1.